The Balaban J connectivity index is 1.47. The number of nitriles is 1. The number of benzene rings is 2. The summed E-state index contributed by atoms with van der Waals surface area (Å²) in [6.45, 7) is 2.48. The molecule has 7 nitrogen and oxygen atoms in total. The van der Waals surface area contributed by atoms with Crippen molar-refractivity contribution in [3.8, 4) is 6.07 Å². The van der Waals surface area contributed by atoms with Gasteiger partial charge in [0.2, 0.25) is 5.91 Å². The van der Waals surface area contributed by atoms with Crippen LogP contribution < -0.4 is 10.6 Å². The molecule has 9 heteroatoms. The van der Waals surface area contributed by atoms with Crippen molar-refractivity contribution >= 4 is 40.6 Å². The molecule has 174 valence electrons. The summed E-state index contributed by atoms with van der Waals surface area (Å²) in [7, 11) is 0. The Kier molecular flexibility index (Phi) is 7.80. The smallest absolute Gasteiger partial charge is 0.322 e. The molecule has 0 aliphatic carbocycles. The number of hydrogen-bond acceptors (Lipinski definition) is 5. The normalized spacial score (nSPS) is 16.0. The molecule has 34 heavy (non-hydrogen) atoms. The molecule has 0 saturated carbocycles. The third-order valence-electron chi connectivity index (χ3n) is 5.59. The minimum absolute atomic E-state index is 0.210. The Bertz CT molecular complexity index is 1190. The molecule has 2 heterocycles. The van der Waals surface area contributed by atoms with Crippen molar-refractivity contribution in [2.24, 2.45) is 0 Å². The van der Waals surface area contributed by atoms with Crippen molar-refractivity contribution < 1.29 is 9.59 Å². The number of nitrogens with zero attached hydrogens (tertiary/aromatic N) is 3. The molecule has 1 aromatic heterocycles. The third kappa shape index (κ3) is 6.14. The van der Waals surface area contributed by atoms with E-state index in [-0.39, 0.29) is 11.9 Å². The van der Waals surface area contributed by atoms with Crippen LogP contribution in [0.4, 0.5) is 10.5 Å². The Morgan fingerprint density at radius 2 is 1.91 bits per heavy atom. The molecule has 3 amide bonds. The van der Waals surface area contributed by atoms with Gasteiger partial charge < -0.3 is 15.5 Å². The van der Waals surface area contributed by atoms with Crippen LogP contribution in [0, 0.1) is 11.3 Å². The van der Waals surface area contributed by atoms with Gasteiger partial charge in [-0.2, -0.15) is 5.26 Å². The number of thiophene rings is 1. The number of hydrogen-bond donors (Lipinski definition) is 2. The fraction of sp³-hybridized carbons (Fsp3) is 0.240. The van der Waals surface area contributed by atoms with Crippen molar-refractivity contribution in [3.05, 3.63) is 87.1 Å². The monoisotopic (exact) mass is 493 g/mol. The quantitative estimate of drug-likeness (QED) is 0.535. The van der Waals surface area contributed by atoms with Crippen LogP contribution >= 0.6 is 22.9 Å². The fourth-order valence-electron chi connectivity index (χ4n) is 3.87. The number of anilines is 1. The summed E-state index contributed by atoms with van der Waals surface area (Å²) < 4.78 is 0.727. The van der Waals surface area contributed by atoms with E-state index in [0.717, 1.165) is 14.8 Å². The number of rotatable bonds is 6. The van der Waals surface area contributed by atoms with Gasteiger partial charge in [-0.3, -0.25) is 9.69 Å². The summed E-state index contributed by atoms with van der Waals surface area (Å²) in [5, 5.41) is 14.9. The van der Waals surface area contributed by atoms with Gasteiger partial charge in [-0.05, 0) is 35.9 Å². The van der Waals surface area contributed by atoms with Crippen molar-refractivity contribution in [1.82, 2.24) is 15.1 Å². The molecule has 4 rings (SSSR count). The predicted octanol–water partition coefficient (Wildman–Crippen LogP) is 4.31. The van der Waals surface area contributed by atoms with Crippen LogP contribution in [0.3, 0.4) is 0 Å². The van der Waals surface area contributed by atoms with Crippen molar-refractivity contribution in [3.63, 3.8) is 0 Å². The highest BCUT2D eigenvalue weighted by molar-refractivity contribution is 7.16. The Hall–Kier alpha value is -3.38. The second kappa shape index (κ2) is 11.2. The Morgan fingerprint density at radius 1 is 1.09 bits per heavy atom. The number of nitrogens with one attached hydrogen (secondary N) is 2. The molecule has 1 atom stereocenters. The minimum atomic E-state index is -0.660. The molecule has 2 N–H and O–H groups in total. The number of piperazine rings is 1. The van der Waals surface area contributed by atoms with E-state index >= 15 is 0 Å². The first-order chi connectivity index (χ1) is 16.5. The molecule has 1 fully saturated rings. The van der Waals surface area contributed by atoms with Crippen LogP contribution in [0.2, 0.25) is 4.34 Å². The highest BCUT2D eigenvalue weighted by atomic mass is 35.5. The standard InChI is InChI=1S/C25H24ClN5O2S/c26-23-10-9-21(34-23)16-30-11-12-31(25(33)29-20-8-4-7-19(13-20)14-27)22(17-30)24(32)28-15-18-5-2-1-3-6-18/h1-10,13,22H,11-12,15-17H2,(H,28,32)(H,29,33). The lowest BCUT2D eigenvalue weighted by Crippen LogP contribution is -2.61. The van der Waals surface area contributed by atoms with E-state index < -0.39 is 6.04 Å². The Labute approximate surface area is 207 Å². The number of halogens is 1. The molecule has 1 unspecified atom stereocenters. The highest BCUT2D eigenvalue weighted by Crippen LogP contribution is 2.24. The first kappa shape index (κ1) is 23.8. The van der Waals surface area contributed by atoms with E-state index in [0.29, 0.717) is 44.0 Å². The molecular formula is C25H24ClN5O2S. The largest absolute Gasteiger partial charge is 0.350 e. The maximum absolute atomic E-state index is 13.2. The SMILES string of the molecule is N#Cc1cccc(NC(=O)N2CCN(Cc3ccc(Cl)s3)CC2C(=O)NCc2ccccc2)c1. The van der Waals surface area contributed by atoms with Crippen LogP contribution in [0.1, 0.15) is 16.0 Å². The van der Waals surface area contributed by atoms with E-state index in [9.17, 15) is 9.59 Å². The van der Waals surface area contributed by atoms with Gasteiger partial charge in [0.15, 0.2) is 0 Å². The lowest BCUT2D eigenvalue weighted by Gasteiger charge is -2.40. The van der Waals surface area contributed by atoms with E-state index in [1.54, 1.807) is 29.2 Å². The van der Waals surface area contributed by atoms with Gasteiger partial charge in [-0.25, -0.2) is 4.79 Å². The second-order valence-corrected chi connectivity index (χ2v) is 9.78. The first-order valence-corrected chi connectivity index (χ1v) is 12.1. The zero-order chi connectivity index (χ0) is 23.9. The van der Waals surface area contributed by atoms with Crippen LogP contribution in [0.15, 0.2) is 66.7 Å². The minimum Gasteiger partial charge on any atom is -0.350 e. The van der Waals surface area contributed by atoms with Gasteiger partial charge in [-0.1, -0.05) is 48.0 Å². The van der Waals surface area contributed by atoms with Crippen LogP contribution in [-0.2, 0) is 17.9 Å². The summed E-state index contributed by atoms with van der Waals surface area (Å²) in [5.41, 5.74) is 1.96. The predicted molar refractivity (Wildman–Crippen MR) is 134 cm³/mol. The maximum Gasteiger partial charge on any atom is 0.322 e. The van der Waals surface area contributed by atoms with E-state index in [4.69, 9.17) is 16.9 Å². The summed E-state index contributed by atoms with van der Waals surface area (Å²) in [6.07, 6.45) is 0. The third-order valence-corrected chi connectivity index (χ3v) is 6.80. The van der Waals surface area contributed by atoms with E-state index in [1.807, 2.05) is 42.5 Å². The molecule has 3 aromatic rings. The zero-order valence-electron chi connectivity index (χ0n) is 18.4. The molecule has 1 saturated heterocycles. The number of urea groups is 1. The van der Waals surface area contributed by atoms with Crippen molar-refractivity contribution in [1.29, 1.82) is 5.26 Å². The lowest BCUT2D eigenvalue weighted by atomic mass is 10.1. The lowest BCUT2D eigenvalue weighted by molar-refractivity contribution is -0.127. The Morgan fingerprint density at radius 3 is 2.65 bits per heavy atom. The van der Waals surface area contributed by atoms with Gasteiger partial charge in [0, 0.05) is 43.3 Å². The average molecular weight is 494 g/mol. The molecule has 0 bridgehead atoms. The maximum atomic E-state index is 13.2. The zero-order valence-corrected chi connectivity index (χ0v) is 20.0. The van der Waals surface area contributed by atoms with Gasteiger partial charge in [-0.15, -0.1) is 11.3 Å². The average Bonchev–Trinajstić information content (AvgIpc) is 3.27. The van der Waals surface area contributed by atoms with Crippen LogP contribution in [0.5, 0.6) is 0 Å². The molecule has 1 aliphatic rings. The van der Waals surface area contributed by atoms with E-state index in [2.05, 4.69) is 21.6 Å². The van der Waals surface area contributed by atoms with Crippen LogP contribution in [0.25, 0.3) is 0 Å². The van der Waals surface area contributed by atoms with E-state index in [1.165, 1.54) is 11.3 Å². The summed E-state index contributed by atoms with van der Waals surface area (Å²) in [4.78, 5) is 31.2. The fourth-order valence-corrected chi connectivity index (χ4v) is 5.00. The summed E-state index contributed by atoms with van der Waals surface area (Å²) >= 11 is 7.59. The van der Waals surface area contributed by atoms with Gasteiger partial charge >= 0.3 is 6.03 Å². The van der Waals surface area contributed by atoms with Gasteiger partial charge in [0.05, 0.1) is 16.0 Å². The van der Waals surface area contributed by atoms with Gasteiger partial charge in [0.25, 0.3) is 0 Å². The number of carbonyl (C=O) groups excluding carboxylic acids is 2. The first-order valence-electron chi connectivity index (χ1n) is 10.9. The molecule has 2 aromatic carbocycles. The highest BCUT2D eigenvalue weighted by Gasteiger charge is 2.35. The molecule has 0 radical (unpaired) electrons. The van der Waals surface area contributed by atoms with Gasteiger partial charge in [0.1, 0.15) is 6.04 Å². The number of carbonyl (C=O) groups is 2. The number of amides is 3. The molecular weight excluding hydrogens is 470 g/mol. The topological polar surface area (TPSA) is 88.5 Å². The molecule has 1 aliphatic heterocycles. The summed E-state index contributed by atoms with van der Waals surface area (Å²) in [6, 6.07) is 21.3. The summed E-state index contributed by atoms with van der Waals surface area (Å²) in [5.74, 6) is -0.210. The second-order valence-electron chi connectivity index (χ2n) is 7.98. The molecule has 0 spiro atoms. The van der Waals surface area contributed by atoms with Crippen molar-refractivity contribution in [2.45, 2.75) is 19.1 Å². The van der Waals surface area contributed by atoms with Crippen molar-refractivity contribution in [2.75, 3.05) is 25.0 Å². The van der Waals surface area contributed by atoms with Crippen LogP contribution in [-0.4, -0.2) is 47.4 Å².